The fourth-order valence-electron chi connectivity index (χ4n) is 1.42. The summed E-state index contributed by atoms with van der Waals surface area (Å²) >= 11 is 6.65. The monoisotopic (exact) mass is 585 g/mol. The molecule has 2 N–H and O–H groups in total. The molecule has 18 heavy (non-hydrogen) atoms. The highest BCUT2D eigenvalue weighted by molar-refractivity contribution is 14.1. The van der Waals surface area contributed by atoms with E-state index in [1.807, 2.05) is 12.1 Å². The van der Waals surface area contributed by atoms with Crippen molar-refractivity contribution in [3.8, 4) is 0 Å². The van der Waals surface area contributed by atoms with Crippen LogP contribution in [-0.2, 0) is 0 Å². The van der Waals surface area contributed by atoms with Gasteiger partial charge in [-0.2, -0.15) is 0 Å². The molecule has 100 valence electrons. The van der Waals surface area contributed by atoms with E-state index in [-0.39, 0.29) is 12.0 Å². The Hall–Kier alpha value is 0.840. The largest absolute Gasteiger partial charge is 0.393 e. The zero-order chi connectivity index (χ0) is 13.7. The fraction of sp³-hybridized carbons (Fsp3) is 0.417. The van der Waals surface area contributed by atoms with Crippen LogP contribution in [0, 0.1) is 10.7 Å². The maximum absolute atomic E-state index is 12.0. The van der Waals surface area contributed by atoms with E-state index in [0.29, 0.717) is 13.0 Å². The lowest BCUT2D eigenvalue weighted by molar-refractivity contribution is 0.0948. The number of nitrogens with one attached hydrogen (secondary N) is 1. The molecular formula is C12H14I3NO2. The number of rotatable bonds is 5. The van der Waals surface area contributed by atoms with Crippen LogP contribution >= 0.6 is 67.8 Å². The van der Waals surface area contributed by atoms with Gasteiger partial charge in [0.15, 0.2) is 0 Å². The summed E-state index contributed by atoms with van der Waals surface area (Å²) in [5, 5.41) is 12.0. The molecule has 0 saturated carbocycles. The second kappa shape index (κ2) is 8.20. The molecule has 6 heteroatoms. The Labute approximate surface area is 148 Å². The maximum atomic E-state index is 12.0. The summed E-state index contributed by atoms with van der Waals surface area (Å²) < 4.78 is 3.14. The Kier molecular flexibility index (Phi) is 7.70. The summed E-state index contributed by atoms with van der Waals surface area (Å²) in [4.78, 5) is 12.0. The minimum Gasteiger partial charge on any atom is -0.393 e. The first kappa shape index (κ1) is 16.9. The van der Waals surface area contributed by atoms with Crippen molar-refractivity contribution in [2.24, 2.45) is 0 Å². The van der Waals surface area contributed by atoms with Crippen LogP contribution in [0.4, 0.5) is 0 Å². The van der Waals surface area contributed by atoms with Gasteiger partial charge in [0.2, 0.25) is 0 Å². The number of aliphatic hydroxyl groups excluding tert-OH is 1. The Morgan fingerprint density at radius 1 is 1.39 bits per heavy atom. The SMILES string of the molecule is CC(O)CCCNC(=O)c1cc(I)cc(I)c1I. The molecule has 1 atom stereocenters. The average molecular weight is 585 g/mol. The van der Waals surface area contributed by atoms with Crippen molar-refractivity contribution in [3.63, 3.8) is 0 Å². The first-order valence-electron chi connectivity index (χ1n) is 5.52. The van der Waals surface area contributed by atoms with Crippen LogP contribution in [0.15, 0.2) is 12.1 Å². The molecule has 0 fully saturated rings. The van der Waals surface area contributed by atoms with Crippen LogP contribution in [-0.4, -0.2) is 23.7 Å². The first-order valence-corrected chi connectivity index (χ1v) is 8.76. The predicted octanol–water partition coefficient (Wildman–Crippen LogP) is 3.39. The van der Waals surface area contributed by atoms with Crippen LogP contribution < -0.4 is 5.32 Å². The maximum Gasteiger partial charge on any atom is 0.252 e. The normalized spacial score (nSPS) is 12.3. The molecule has 3 nitrogen and oxygen atoms in total. The van der Waals surface area contributed by atoms with Gasteiger partial charge >= 0.3 is 0 Å². The number of halogens is 3. The van der Waals surface area contributed by atoms with Gasteiger partial charge < -0.3 is 10.4 Å². The number of carbonyl (C=O) groups excluding carboxylic acids is 1. The molecule has 0 saturated heterocycles. The Balaban J connectivity index is 2.62. The minimum atomic E-state index is -0.305. The van der Waals surface area contributed by atoms with Gasteiger partial charge in [-0.15, -0.1) is 0 Å². The molecule has 0 aliphatic carbocycles. The van der Waals surface area contributed by atoms with E-state index in [2.05, 4.69) is 73.1 Å². The van der Waals surface area contributed by atoms with E-state index in [1.165, 1.54) is 0 Å². The topological polar surface area (TPSA) is 49.3 Å². The van der Waals surface area contributed by atoms with Crippen molar-refractivity contribution in [3.05, 3.63) is 28.4 Å². The van der Waals surface area contributed by atoms with E-state index in [1.54, 1.807) is 6.92 Å². The number of carbonyl (C=O) groups is 1. The van der Waals surface area contributed by atoms with Gasteiger partial charge in [-0.3, -0.25) is 4.79 Å². The number of aliphatic hydroxyl groups is 1. The van der Waals surface area contributed by atoms with E-state index < -0.39 is 0 Å². The highest BCUT2D eigenvalue weighted by atomic mass is 127. The summed E-state index contributed by atoms with van der Waals surface area (Å²) in [7, 11) is 0. The fourth-order valence-corrected chi connectivity index (χ4v) is 3.82. The average Bonchev–Trinajstić information content (AvgIpc) is 2.28. The molecule has 1 amide bonds. The third-order valence-electron chi connectivity index (χ3n) is 2.32. The summed E-state index contributed by atoms with van der Waals surface area (Å²) in [6.45, 7) is 2.36. The molecule has 0 heterocycles. The van der Waals surface area contributed by atoms with E-state index in [9.17, 15) is 4.79 Å². The number of hydrogen-bond acceptors (Lipinski definition) is 2. The molecule has 0 radical (unpaired) electrons. The minimum absolute atomic E-state index is 0.0403. The third kappa shape index (κ3) is 5.45. The van der Waals surface area contributed by atoms with Crippen molar-refractivity contribution in [2.45, 2.75) is 25.9 Å². The van der Waals surface area contributed by atoms with Crippen LogP contribution in [0.2, 0.25) is 0 Å². The van der Waals surface area contributed by atoms with Crippen LogP contribution in [0.1, 0.15) is 30.1 Å². The van der Waals surface area contributed by atoms with E-state index in [4.69, 9.17) is 5.11 Å². The second-order valence-corrected chi connectivity index (χ2v) is 7.48. The van der Waals surface area contributed by atoms with Gasteiger partial charge in [-0.25, -0.2) is 0 Å². The van der Waals surface area contributed by atoms with E-state index >= 15 is 0 Å². The Morgan fingerprint density at radius 3 is 2.67 bits per heavy atom. The zero-order valence-corrected chi connectivity index (χ0v) is 16.3. The van der Waals surface area contributed by atoms with Gasteiger partial charge in [0.25, 0.3) is 5.91 Å². The quantitative estimate of drug-likeness (QED) is 0.317. The van der Waals surface area contributed by atoms with Gasteiger partial charge in [0.1, 0.15) is 0 Å². The summed E-state index contributed by atoms with van der Waals surface area (Å²) in [6, 6.07) is 3.95. The zero-order valence-electron chi connectivity index (χ0n) is 9.84. The van der Waals surface area contributed by atoms with Gasteiger partial charge in [0.05, 0.1) is 11.7 Å². The first-order chi connectivity index (χ1) is 8.41. The molecule has 0 aliphatic rings. The molecule has 0 bridgehead atoms. The molecule has 1 aromatic rings. The Bertz CT molecular complexity index is 436. The van der Waals surface area contributed by atoms with E-state index in [0.717, 1.165) is 22.7 Å². The standard InChI is InChI=1S/C12H14I3NO2/c1-7(17)3-2-4-16-12(18)9-5-8(13)6-10(14)11(9)15/h5-7,17H,2-4H2,1H3,(H,16,18). The lowest BCUT2D eigenvalue weighted by atomic mass is 10.2. The summed E-state index contributed by atoms with van der Waals surface area (Å²) in [5.74, 6) is -0.0403. The molecule has 1 aromatic carbocycles. The van der Waals surface area contributed by atoms with Crippen LogP contribution in [0.5, 0.6) is 0 Å². The second-order valence-electron chi connectivity index (χ2n) is 4.00. The molecule has 1 rings (SSSR count). The highest BCUT2D eigenvalue weighted by Crippen LogP contribution is 2.22. The summed E-state index contributed by atoms with van der Waals surface area (Å²) in [6.07, 6.45) is 1.20. The van der Waals surface area contributed by atoms with Crippen molar-refractivity contribution in [2.75, 3.05) is 6.54 Å². The molecule has 0 aromatic heterocycles. The van der Waals surface area contributed by atoms with Crippen molar-refractivity contribution in [1.82, 2.24) is 5.32 Å². The van der Waals surface area contributed by atoms with Crippen LogP contribution in [0.3, 0.4) is 0 Å². The van der Waals surface area contributed by atoms with Gasteiger partial charge in [0, 0.05) is 17.3 Å². The van der Waals surface area contributed by atoms with Crippen molar-refractivity contribution >= 4 is 73.7 Å². The molecular weight excluding hydrogens is 571 g/mol. The number of benzene rings is 1. The van der Waals surface area contributed by atoms with Crippen molar-refractivity contribution in [1.29, 1.82) is 0 Å². The molecule has 0 aliphatic heterocycles. The predicted molar refractivity (Wildman–Crippen MR) is 97.8 cm³/mol. The van der Waals surface area contributed by atoms with Crippen molar-refractivity contribution < 1.29 is 9.90 Å². The number of hydrogen-bond donors (Lipinski definition) is 2. The third-order valence-corrected chi connectivity index (χ3v) is 5.99. The summed E-state index contributed by atoms with van der Waals surface area (Å²) in [5.41, 5.74) is 0.726. The smallest absolute Gasteiger partial charge is 0.252 e. The molecule has 1 unspecified atom stereocenters. The van der Waals surface area contributed by atoms with Gasteiger partial charge in [-0.1, -0.05) is 0 Å². The molecule has 0 spiro atoms. The lowest BCUT2D eigenvalue weighted by Gasteiger charge is -2.09. The highest BCUT2D eigenvalue weighted by Gasteiger charge is 2.13. The Morgan fingerprint density at radius 2 is 2.06 bits per heavy atom. The lowest BCUT2D eigenvalue weighted by Crippen LogP contribution is -2.26. The number of amides is 1. The van der Waals surface area contributed by atoms with Gasteiger partial charge in [-0.05, 0) is 99.7 Å². The van der Waals surface area contributed by atoms with Crippen LogP contribution in [0.25, 0.3) is 0 Å².